The molecule has 0 bridgehead atoms. The van der Waals surface area contributed by atoms with E-state index in [-0.39, 0.29) is 6.61 Å². The molecule has 0 radical (unpaired) electrons. The van der Waals surface area contributed by atoms with E-state index in [0.717, 1.165) is 5.57 Å². The van der Waals surface area contributed by atoms with Crippen molar-refractivity contribution in [1.82, 2.24) is 0 Å². The summed E-state index contributed by atoms with van der Waals surface area (Å²) in [5.41, 5.74) is 0.989. The number of rotatable bonds is 2. The Hall–Kier alpha value is -0.560. The van der Waals surface area contributed by atoms with Crippen molar-refractivity contribution in [3.63, 3.8) is 0 Å². The first-order chi connectivity index (χ1) is 3.81. The van der Waals surface area contributed by atoms with Crippen molar-refractivity contribution in [1.29, 1.82) is 0 Å². The highest BCUT2D eigenvalue weighted by atomic mass is 16.3. The first-order valence-electron chi connectivity index (χ1n) is 2.70. The van der Waals surface area contributed by atoms with E-state index >= 15 is 0 Å². The number of allylic oxidation sites excluding steroid dienone is 3. The van der Waals surface area contributed by atoms with Crippen LogP contribution in [0.3, 0.4) is 0 Å². The van der Waals surface area contributed by atoms with Crippen LogP contribution in [-0.4, -0.2) is 11.7 Å². The molecule has 0 saturated heterocycles. The van der Waals surface area contributed by atoms with Gasteiger partial charge in [0.15, 0.2) is 0 Å². The molecule has 1 nitrogen and oxygen atoms in total. The van der Waals surface area contributed by atoms with Gasteiger partial charge in [-0.3, -0.25) is 0 Å². The topological polar surface area (TPSA) is 20.2 Å². The Morgan fingerprint density at radius 3 is 2.62 bits per heavy atom. The summed E-state index contributed by atoms with van der Waals surface area (Å²) in [5.74, 6) is 0. The average Bonchev–Trinajstić information content (AvgIpc) is 1.83. The van der Waals surface area contributed by atoms with Crippen LogP contribution in [-0.2, 0) is 0 Å². The van der Waals surface area contributed by atoms with Gasteiger partial charge in [-0.1, -0.05) is 18.2 Å². The molecule has 0 aliphatic rings. The van der Waals surface area contributed by atoms with Crippen molar-refractivity contribution in [2.75, 3.05) is 6.61 Å². The minimum atomic E-state index is 0.157. The number of hydrogen-bond donors (Lipinski definition) is 1. The molecular formula is C7H12O. The van der Waals surface area contributed by atoms with Crippen LogP contribution in [0.4, 0.5) is 0 Å². The lowest BCUT2D eigenvalue weighted by atomic mass is 10.3. The first-order valence-corrected chi connectivity index (χ1v) is 2.70. The highest BCUT2D eigenvalue weighted by Gasteiger charge is 1.76. The van der Waals surface area contributed by atoms with Crippen molar-refractivity contribution in [2.24, 2.45) is 0 Å². The van der Waals surface area contributed by atoms with Crippen LogP contribution in [0.2, 0.25) is 0 Å². The molecule has 0 aromatic carbocycles. The van der Waals surface area contributed by atoms with Crippen LogP contribution >= 0.6 is 0 Å². The molecule has 0 aromatic rings. The molecule has 0 unspecified atom stereocenters. The molecule has 0 spiro atoms. The second kappa shape index (κ2) is 4.60. The Kier molecular flexibility index (Phi) is 4.27. The first kappa shape index (κ1) is 7.44. The maximum atomic E-state index is 8.46. The molecule has 0 aliphatic heterocycles. The molecule has 0 heterocycles. The standard InChI is InChI=1S/C7H12O/c1-3-4-5-7(2)6-8/h3-5,8H,6H2,1-2H3/b4-3-,7-5-. The zero-order valence-electron chi connectivity index (χ0n) is 5.39. The Labute approximate surface area is 50.3 Å². The van der Waals surface area contributed by atoms with Crippen molar-refractivity contribution in [2.45, 2.75) is 13.8 Å². The molecule has 1 N–H and O–H groups in total. The monoisotopic (exact) mass is 112 g/mol. The molecule has 46 valence electrons. The lowest BCUT2D eigenvalue weighted by Gasteiger charge is -1.86. The summed E-state index contributed by atoms with van der Waals surface area (Å²) in [5, 5.41) is 8.46. The fraction of sp³-hybridized carbons (Fsp3) is 0.429. The van der Waals surface area contributed by atoms with Crippen LogP contribution in [0, 0.1) is 0 Å². The molecule has 8 heavy (non-hydrogen) atoms. The smallest absolute Gasteiger partial charge is 0.0642 e. The van der Waals surface area contributed by atoms with E-state index in [2.05, 4.69) is 0 Å². The fourth-order valence-electron chi connectivity index (χ4n) is 0.313. The van der Waals surface area contributed by atoms with Crippen LogP contribution < -0.4 is 0 Å². The summed E-state index contributed by atoms with van der Waals surface area (Å²) in [4.78, 5) is 0. The highest BCUT2D eigenvalue weighted by Crippen LogP contribution is 1.88. The van der Waals surface area contributed by atoms with Gasteiger partial charge in [-0.2, -0.15) is 0 Å². The van der Waals surface area contributed by atoms with Gasteiger partial charge < -0.3 is 5.11 Å². The second-order valence-electron chi connectivity index (χ2n) is 1.70. The van der Waals surface area contributed by atoms with Gasteiger partial charge in [0.1, 0.15) is 0 Å². The molecule has 0 aliphatic carbocycles. The van der Waals surface area contributed by atoms with Crippen LogP contribution in [0.15, 0.2) is 23.8 Å². The zero-order valence-corrected chi connectivity index (χ0v) is 5.39. The number of aliphatic hydroxyl groups is 1. The Morgan fingerprint density at radius 2 is 2.25 bits per heavy atom. The van der Waals surface area contributed by atoms with Crippen molar-refractivity contribution >= 4 is 0 Å². The highest BCUT2D eigenvalue weighted by molar-refractivity contribution is 5.09. The SMILES string of the molecule is C/C=C\C=C(\C)CO. The molecule has 1 heteroatoms. The Balaban J connectivity index is 3.57. The third-order valence-electron chi connectivity index (χ3n) is 0.823. The van der Waals surface area contributed by atoms with E-state index in [4.69, 9.17) is 5.11 Å². The summed E-state index contributed by atoms with van der Waals surface area (Å²) < 4.78 is 0. The minimum Gasteiger partial charge on any atom is -0.392 e. The van der Waals surface area contributed by atoms with Crippen molar-refractivity contribution < 1.29 is 5.11 Å². The van der Waals surface area contributed by atoms with Gasteiger partial charge in [0, 0.05) is 0 Å². The van der Waals surface area contributed by atoms with Gasteiger partial charge in [0.05, 0.1) is 6.61 Å². The zero-order chi connectivity index (χ0) is 6.41. The summed E-state index contributed by atoms with van der Waals surface area (Å²) in [6, 6.07) is 0. The van der Waals surface area contributed by atoms with Gasteiger partial charge >= 0.3 is 0 Å². The van der Waals surface area contributed by atoms with E-state index in [1.165, 1.54) is 0 Å². The van der Waals surface area contributed by atoms with Gasteiger partial charge in [0.2, 0.25) is 0 Å². The average molecular weight is 112 g/mol. The molecule has 0 atom stereocenters. The maximum absolute atomic E-state index is 8.46. The molecular weight excluding hydrogens is 100 g/mol. The molecule has 0 rings (SSSR count). The molecule has 0 amide bonds. The van der Waals surface area contributed by atoms with Gasteiger partial charge in [0.25, 0.3) is 0 Å². The van der Waals surface area contributed by atoms with E-state index in [0.29, 0.717) is 0 Å². The fourth-order valence-corrected chi connectivity index (χ4v) is 0.313. The minimum absolute atomic E-state index is 0.157. The molecule has 0 saturated carbocycles. The summed E-state index contributed by atoms with van der Waals surface area (Å²) >= 11 is 0. The lowest BCUT2D eigenvalue weighted by molar-refractivity contribution is 0.331. The van der Waals surface area contributed by atoms with E-state index < -0.39 is 0 Å². The third-order valence-corrected chi connectivity index (χ3v) is 0.823. The van der Waals surface area contributed by atoms with Gasteiger partial charge in [-0.05, 0) is 19.4 Å². The van der Waals surface area contributed by atoms with Crippen LogP contribution in [0.5, 0.6) is 0 Å². The third kappa shape index (κ3) is 3.62. The van der Waals surface area contributed by atoms with E-state index in [1.54, 1.807) is 0 Å². The van der Waals surface area contributed by atoms with Crippen molar-refractivity contribution in [3.05, 3.63) is 23.8 Å². The summed E-state index contributed by atoms with van der Waals surface area (Å²) in [7, 11) is 0. The largest absolute Gasteiger partial charge is 0.392 e. The van der Waals surface area contributed by atoms with Crippen molar-refractivity contribution in [3.8, 4) is 0 Å². The summed E-state index contributed by atoms with van der Waals surface area (Å²) in [6.45, 7) is 3.99. The predicted molar refractivity (Wildman–Crippen MR) is 35.7 cm³/mol. The Bertz CT molecular complexity index is 101. The quantitative estimate of drug-likeness (QED) is 0.537. The lowest BCUT2D eigenvalue weighted by Crippen LogP contribution is -1.80. The van der Waals surface area contributed by atoms with Gasteiger partial charge in [-0.15, -0.1) is 0 Å². The summed E-state index contributed by atoms with van der Waals surface area (Å²) in [6.07, 6.45) is 5.73. The predicted octanol–water partition coefficient (Wildman–Crippen LogP) is 1.50. The normalized spacial score (nSPS) is 13.1. The van der Waals surface area contributed by atoms with E-state index in [9.17, 15) is 0 Å². The van der Waals surface area contributed by atoms with Crippen LogP contribution in [0.1, 0.15) is 13.8 Å². The molecule has 0 fully saturated rings. The number of hydrogen-bond acceptors (Lipinski definition) is 1. The van der Waals surface area contributed by atoms with E-state index in [1.807, 2.05) is 32.1 Å². The second-order valence-corrected chi connectivity index (χ2v) is 1.70. The van der Waals surface area contributed by atoms with Gasteiger partial charge in [-0.25, -0.2) is 0 Å². The van der Waals surface area contributed by atoms with Crippen LogP contribution in [0.25, 0.3) is 0 Å². The number of aliphatic hydroxyl groups excluding tert-OH is 1. The maximum Gasteiger partial charge on any atom is 0.0642 e. The Morgan fingerprint density at radius 1 is 1.62 bits per heavy atom. The molecule has 0 aromatic heterocycles.